The highest BCUT2D eigenvalue weighted by atomic mass is 79.9. The van der Waals surface area contributed by atoms with Crippen molar-refractivity contribution in [1.29, 1.82) is 0 Å². The third kappa shape index (κ3) is 2.96. The first-order valence-electron chi connectivity index (χ1n) is 6.65. The number of hydrogen-bond donors (Lipinski definition) is 2. The smallest absolute Gasteiger partial charge is 0.173 e. The lowest BCUT2D eigenvalue weighted by Crippen LogP contribution is -2.47. The minimum atomic E-state index is -0.435. The van der Waals surface area contributed by atoms with Gasteiger partial charge in [0.25, 0.3) is 0 Å². The molecule has 0 aliphatic carbocycles. The third-order valence-electron chi connectivity index (χ3n) is 3.59. The number of rotatable bonds is 3. The van der Waals surface area contributed by atoms with Crippen LogP contribution in [0, 0.1) is 0 Å². The summed E-state index contributed by atoms with van der Waals surface area (Å²) in [4.78, 5) is 14.0. The molecule has 21 heavy (non-hydrogen) atoms. The normalized spacial score (nSPS) is 18.8. The second-order valence-electron chi connectivity index (χ2n) is 4.89. The maximum atomic E-state index is 12.1. The fourth-order valence-electron chi connectivity index (χ4n) is 2.61. The van der Waals surface area contributed by atoms with Crippen molar-refractivity contribution in [3.05, 3.63) is 39.5 Å². The highest BCUT2D eigenvalue weighted by Gasteiger charge is 2.32. The predicted molar refractivity (Wildman–Crippen MR) is 90.0 cm³/mol. The fraction of sp³-hybridized carbons (Fsp3) is 0.333. The molecule has 1 unspecified atom stereocenters. The number of phenols is 1. The second kappa shape index (κ2) is 6.15. The molecular formula is C15H17BrN2O2S. The summed E-state index contributed by atoms with van der Waals surface area (Å²) in [5, 5.41) is 13.9. The zero-order chi connectivity index (χ0) is 15.7. The van der Waals surface area contributed by atoms with Crippen molar-refractivity contribution < 1.29 is 9.90 Å². The molecule has 1 heterocycles. The summed E-state index contributed by atoms with van der Waals surface area (Å²) in [7, 11) is 0. The van der Waals surface area contributed by atoms with Gasteiger partial charge in [-0.15, -0.1) is 0 Å². The fourth-order valence-corrected chi connectivity index (χ4v) is 3.37. The Morgan fingerprint density at radius 1 is 1.52 bits per heavy atom. The van der Waals surface area contributed by atoms with Gasteiger partial charge in [0, 0.05) is 27.9 Å². The van der Waals surface area contributed by atoms with E-state index in [1.54, 1.807) is 18.2 Å². The predicted octanol–water partition coefficient (Wildman–Crippen LogP) is 3.27. The van der Waals surface area contributed by atoms with Gasteiger partial charge in [0.15, 0.2) is 10.9 Å². The van der Waals surface area contributed by atoms with Gasteiger partial charge in [0.1, 0.15) is 5.75 Å². The van der Waals surface area contributed by atoms with Gasteiger partial charge in [-0.3, -0.25) is 4.79 Å². The van der Waals surface area contributed by atoms with Gasteiger partial charge >= 0.3 is 0 Å². The molecule has 0 saturated carbocycles. The minimum absolute atomic E-state index is 0.0367. The van der Waals surface area contributed by atoms with E-state index in [1.165, 1.54) is 6.92 Å². The molecule has 1 atom stereocenters. The van der Waals surface area contributed by atoms with E-state index in [0.29, 0.717) is 22.8 Å². The maximum Gasteiger partial charge on any atom is 0.173 e. The summed E-state index contributed by atoms with van der Waals surface area (Å²) >= 11 is 8.76. The van der Waals surface area contributed by atoms with E-state index in [4.69, 9.17) is 12.2 Å². The molecule has 6 heteroatoms. The van der Waals surface area contributed by atoms with Crippen LogP contribution in [0.2, 0.25) is 0 Å². The third-order valence-corrected chi connectivity index (χ3v) is 4.42. The number of carbonyl (C=O) groups is 1. The van der Waals surface area contributed by atoms with Crippen LogP contribution in [0.5, 0.6) is 5.75 Å². The molecule has 0 amide bonds. The van der Waals surface area contributed by atoms with Crippen LogP contribution in [-0.4, -0.2) is 27.4 Å². The first-order chi connectivity index (χ1) is 9.86. The van der Waals surface area contributed by atoms with Crippen LogP contribution in [0.1, 0.15) is 32.4 Å². The Labute approximate surface area is 138 Å². The summed E-state index contributed by atoms with van der Waals surface area (Å²) in [5.74, 6) is 0.0975. The molecule has 2 N–H and O–H groups in total. The second-order valence-corrected chi connectivity index (χ2v) is 6.19. The lowest BCUT2D eigenvalue weighted by Gasteiger charge is -2.37. The van der Waals surface area contributed by atoms with Crippen LogP contribution < -0.4 is 5.32 Å². The number of Topliss-reactive ketones (excluding diaryl/α,β-unsaturated/α-hetero) is 1. The van der Waals surface area contributed by atoms with Gasteiger partial charge in [0.2, 0.25) is 0 Å². The van der Waals surface area contributed by atoms with Gasteiger partial charge in [0.05, 0.1) is 6.04 Å². The zero-order valence-corrected chi connectivity index (χ0v) is 14.5. The Kier molecular flexibility index (Phi) is 4.68. The van der Waals surface area contributed by atoms with Gasteiger partial charge in [-0.05, 0) is 51.2 Å². The van der Waals surface area contributed by atoms with Crippen LogP contribution >= 0.6 is 28.1 Å². The molecule has 0 spiro atoms. The van der Waals surface area contributed by atoms with Gasteiger partial charge in [-0.25, -0.2) is 0 Å². The Morgan fingerprint density at radius 2 is 2.19 bits per heavy atom. The molecule has 0 saturated heterocycles. The molecule has 1 aromatic rings. The molecule has 2 rings (SSSR count). The number of nitrogens with zero attached hydrogens (tertiary/aromatic N) is 1. The number of thiocarbonyl (C=S) groups is 1. The first kappa shape index (κ1) is 16.0. The van der Waals surface area contributed by atoms with Crippen molar-refractivity contribution in [3.63, 3.8) is 0 Å². The van der Waals surface area contributed by atoms with E-state index in [-0.39, 0.29) is 11.5 Å². The summed E-state index contributed by atoms with van der Waals surface area (Å²) in [6.45, 7) is 6.08. The quantitative estimate of drug-likeness (QED) is 0.801. The number of halogens is 1. The SMILES string of the molecule is CCN1C(=S)NC(c2cc(Br)ccc2O)C(C(C)=O)=C1C. The first-order valence-corrected chi connectivity index (χ1v) is 7.85. The van der Waals surface area contributed by atoms with Crippen molar-refractivity contribution in [3.8, 4) is 5.75 Å². The monoisotopic (exact) mass is 368 g/mol. The summed E-state index contributed by atoms with van der Waals surface area (Å²) in [6.07, 6.45) is 0. The lowest BCUT2D eigenvalue weighted by atomic mass is 9.92. The molecular weight excluding hydrogens is 352 g/mol. The molecule has 112 valence electrons. The van der Waals surface area contributed by atoms with Crippen LogP contribution in [0.4, 0.5) is 0 Å². The summed E-state index contributed by atoms with van der Waals surface area (Å²) in [6, 6.07) is 4.72. The largest absolute Gasteiger partial charge is 0.508 e. The van der Waals surface area contributed by atoms with Gasteiger partial charge < -0.3 is 15.3 Å². The van der Waals surface area contributed by atoms with Crippen molar-refractivity contribution in [1.82, 2.24) is 10.2 Å². The molecule has 1 aromatic carbocycles. The van der Waals surface area contributed by atoms with E-state index in [1.807, 2.05) is 18.7 Å². The van der Waals surface area contributed by atoms with Crippen molar-refractivity contribution >= 4 is 39.0 Å². The molecule has 1 aliphatic heterocycles. The number of aromatic hydroxyl groups is 1. The van der Waals surface area contributed by atoms with E-state index in [2.05, 4.69) is 21.2 Å². The van der Waals surface area contributed by atoms with Crippen LogP contribution in [0.15, 0.2) is 33.9 Å². The van der Waals surface area contributed by atoms with E-state index in [0.717, 1.165) is 10.2 Å². The highest BCUT2D eigenvalue weighted by Crippen LogP contribution is 2.36. The number of nitrogens with one attached hydrogen (secondary N) is 1. The van der Waals surface area contributed by atoms with Crippen LogP contribution in [-0.2, 0) is 4.79 Å². The Balaban J connectivity index is 2.62. The van der Waals surface area contributed by atoms with Crippen LogP contribution in [0.3, 0.4) is 0 Å². The highest BCUT2D eigenvalue weighted by molar-refractivity contribution is 9.10. The van der Waals surface area contributed by atoms with E-state index < -0.39 is 6.04 Å². The Hall–Kier alpha value is -1.40. The van der Waals surface area contributed by atoms with Crippen LogP contribution in [0.25, 0.3) is 0 Å². The number of ketones is 1. The topological polar surface area (TPSA) is 52.6 Å². The van der Waals surface area contributed by atoms with E-state index in [9.17, 15) is 9.90 Å². The number of allylic oxidation sites excluding steroid dienone is 1. The molecule has 1 aliphatic rings. The average molecular weight is 369 g/mol. The Bertz CT molecular complexity index is 643. The number of carbonyl (C=O) groups excluding carboxylic acids is 1. The maximum absolute atomic E-state index is 12.1. The average Bonchev–Trinajstić information content (AvgIpc) is 2.40. The van der Waals surface area contributed by atoms with Crippen molar-refractivity contribution in [2.45, 2.75) is 26.8 Å². The number of benzene rings is 1. The molecule has 0 bridgehead atoms. The van der Waals surface area contributed by atoms with Gasteiger partial charge in [-0.2, -0.15) is 0 Å². The number of phenolic OH excluding ortho intramolecular Hbond substituents is 1. The summed E-state index contributed by atoms with van der Waals surface area (Å²) < 4.78 is 0.835. The summed E-state index contributed by atoms with van der Waals surface area (Å²) in [5.41, 5.74) is 2.09. The molecule has 0 radical (unpaired) electrons. The molecule has 0 aromatic heterocycles. The van der Waals surface area contributed by atoms with E-state index >= 15 is 0 Å². The minimum Gasteiger partial charge on any atom is -0.508 e. The lowest BCUT2D eigenvalue weighted by molar-refractivity contribution is -0.114. The van der Waals surface area contributed by atoms with Gasteiger partial charge in [-0.1, -0.05) is 15.9 Å². The standard InChI is InChI=1S/C15H17BrN2O2S/c1-4-18-8(2)13(9(3)19)14(17-15(18)21)11-7-10(16)5-6-12(11)20/h5-7,14,20H,4H2,1-3H3,(H,17,21). The molecule has 0 fully saturated rings. The Morgan fingerprint density at radius 3 is 2.76 bits per heavy atom. The molecule has 4 nitrogen and oxygen atoms in total. The van der Waals surface area contributed by atoms with Crippen molar-refractivity contribution in [2.24, 2.45) is 0 Å². The zero-order valence-electron chi connectivity index (χ0n) is 12.1. The number of hydrogen-bond acceptors (Lipinski definition) is 3. The van der Waals surface area contributed by atoms with Crippen molar-refractivity contribution in [2.75, 3.05) is 6.54 Å².